The number of methoxy groups -OCH3 is 1. The van der Waals surface area contributed by atoms with Gasteiger partial charge in [-0.25, -0.2) is 0 Å². The van der Waals surface area contributed by atoms with Crippen LogP contribution >= 0.6 is 0 Å². The van der Waals surface area contributed by atoms with Gasteiger partial charge in [-0.05, 0) is 23.8 Å². The number of nitrogens with zero attached hydrogens (tertiary/aromatic N) is 2. The Morgan fingerprint density at radius 3 is 2.54 bits per heavy atom. The zero-order valence-electron chi connectivity index (χ0n) is 13.6. The third kappa shape index (κ3) is 5.68. The number of hydrogen-bond donors (Lipinski definition) is 0. The fourth-order valence-corrected chi connectivity index (χ4v) is 2.12. The van der Waals surface area contributed by atoms with Crippen LogP contribution in [0.4, 0.5) is 0 Å². The third-order valence-electron chi connectivity index (χ3n) is 3.42. The highest BCUT2D eigenvalue weighted by atomic mass is 16.5. The molecule has 0 radical (unpaired) electrons. The van der Waals surface area contributed by atoms with Gasteiger partial charge in [-0.3, -0.25) is 14.6 Å². The number of carbonyl (C=O) groups is 2. The molecule has 1 amide bonds. The molecular formula is C19H20N2O3. The molecule has 0 saturated heterocycles. The van der Waals surface area contributed by atoms with E-state index in [1.54, 1.807) is 17.2 Å². The predicted molar refractivity (Wildman–Crippen MR) is 91.8 cm³/mol. The standard InChI is InChI=1S/C19H20N2O3/c1-24-19(23)12-14-21(15-17-9-5-6-13-20-17)18(22)11-10-16-7-3-2-4-8-16/h2-11,13H,12,14-15H2,1H3/b11-10+. The molecule has 1 aromatic heterocycles. The highest BCUT2D eigenvalue weighted by Crippen LogP contribution is 2.07. The average Bonchev–Trinajstić information content (AvgIpc) is 2.64. The maximum Gasteiger partial charge on any atom is 0.307 e. The van der Waals surface area contributed by atoms with E-state index in [0.717, 1.165) is 11.3 Å². The first-order valence-electron chi connectivity index (χ1n) is 7.68. The van der Waals surface area contributed by atoms with Crippen LogP contribution in [0.25, 0.3) is 6.08 Å². The molecule has 5 heteroatoms. The number of carbonyl (C=O) groups excluding carboxylic acids is 2. The van der Waals surface area contributed by atoms with Gasteiger partial charge in [-0.2, -0.15) is 0 Å². The SMILES string of the molecule is COC(=O)CCN(Cc1ccccn1)C(=O)/C=C/c1ccccc1. The average molecular weight is 324 g/mol. The molecule has 2 rings (SSSR count). The Morgan fingerprint density at radius 1 is 1.12 bits per heavy atom. The van der Waals surface area contributed by atoms with E-state index in [4.69, 9.17) is 0 Å². The van der Waals surface area contributed by atoms with Crippen LogP contribution < -0.4 is 0 Å². The van der Waals surface area contributed by atoms with Crippen molar-refractivity contribution in [3.05, 3.63) is 72.1 Å². The fourth-order valence-electron chi connectivity index (χ4n) is 2.12. The molecule has 0 atom stereocenters. The summed E-state index contributed by atoms with van der Waals surface area (Å²) in [7, 11) is 1.34. The second-order valence-corrected chi connectivity index (χ2v) is 5.15. The number of pyridine rings is 1. The molecule has 0 aliphatic heterocycles. The summed E-state index contributed by atoms with van der Waals surface area (Å²) in [6.07, 6.45) is 5.09. The van der Waals surface area contributed by atoms with Crippen LogP contribution in [0.2, 0.25) is 0 Å². The molecule has 0 bridgehead atoms. The van der Waals surface area contributed by atoms with E-state index < -0.39 is 0 Å². The van der Waals surface area contributed by atoms with Crippen LogP contribution in [0.1, 0.15) is 17.7 Å². The molecule has 0 fully saturated rings. The van der Waals surface area contributed by atoms with E-state index in [2.05, 4.69) is 9.72 Å². The minimum absolute atomic E-state index is 0.147. The summed E-state index contributed by atoms with van der Waals surface area (Å²) < 4.78 is 4.65. The molecule has 5 nitrogen and oxygen atoms in total. The molecule has 1 heterocycles. The quantitative estimate of drug-likeness (QED) is 0.580. The summed E-state index contributed by atoms with van der Waals surface area (Å²) in [6, 6.07) is 15.1. The molecule has 124 valence electrons. The van der Waals surface area contributed by atoms with Crippen molar-refractivity contribution in [1.29, 1.82) is 0 Å². The zero-order chi connectivity index (χ0) is 17.2. The monoisotopic (exact) mass is 324 g/mol. The van der Waals surface area contributed by atoms with Crippen molar-refractivity contribution in [2.45, 2.75) is 13.0 Å². The molecule has 0 saturated carbocycles. The summed E-state index contributed by atoms with van der Waals surface area (Å²) in [4.78, 5) is 29.7. The van der Waals surface area contributed by atoms with Gasteiger partial charge < -0.3 is 9.64 Å². The van der Waals surface area contributed by atoms with Gasteiger partial charge in [0.25, 0.3) is 0 Å². The third-order valence-corrected chi connectivity index (χ3v) is 3.42. The summed E-state index contributed by atoms with van der Waals surface area (Å²) in [5, 5.41) is 0. The number of benzene rings is 1. The first-order chi connectivity index (χ1) is 11.7. The summed E-state index contributed by atoms with van der Waals surface area (Å²) in [5.41, 5.74) is 1.71. The van der Waals surface area contributed by atoms with E-state index in [9.17, 15) is 9.59 Å². The molecule has 0 spiro atoms. The fraction of sp³-hybridized carbons (Fsp3) is 0.211. The lowest BCUT2D eigenvalue weighted by atomic mass is 10.2. The van der Waals surface area contributed by atoms with Gasteiger partial charge in [0, 0.05) is 18.8 Å². The van der Waals surface area contributed by atoms with Crippen LogP contribution in [0.15, 0.2) is 60.8 Å². The summed E-state index contributed by atoms with van der Waals surface area (Å²) in [5.74, 6) is -0.519. The lowest BCUT2D eigenvalue weighted by Crippen LogP contribution is -2.31. The first-order valence-corrected chi connectivity index (χ1v) is 7.68. The van der Waals surface area contributed by atoms with Gasteiger partial charge >= 0.3 is 5.97 Å². The second kappa shape index (κ2) is 9.25. The van der Waals surface area contributed by atoms with Gasteiger partial charge in [0.15, 0.2) is 0 Å². The minimum Gasteiger partial charge on any atom is -0.469 e. The molecule has 0 unspecified atom stereocenters. The van der Waals surface area contributed by atoms with Gasteiger partial charge in [-0.1, -0.05) is 36.4 Å². The minimum atomic E-state index is -0.346. The number of hydrogen-bond acceptors (Lipinski definition) is 4. The Labute approximate surface area is 141 Å². The van der Waals surface area contributed by atoms with Crippen molar-refractivity contribution in [1.82, 2.24) is 9.88 Å². The highest BCUT2D eigenvalue weighted by molar-refractivity contribution is 5.92. The van der Waals surface area contributed by atoms with Crippen LogP contribution in [0, 0.1) is 0 Å². The second-order valence-electron chi connectivity index (χ2n) is 5.15. The van der Waals surface area contributed by atoms with Crippen LogP contribution in [0.5, 0.6) is 0 Å². The number of ether oxygens (including phenoxy) is 1. The van der Waals surface area contributed by atoms with Crippen molar-refractivity contribution in [3.63, 3.8) is 0 Å². The first kappa shape index (κ1) is 17.4. The molecule has 24 heavy (non-hydrogen) atoms. The Kier molecular flexibility index (Phi) is 6.71. The van der Waals surface area contributed by atoms with Gasteiger partial charge in [-0.15, -0.1) is 0 Å². The largest absolute Gasteiger partial charge is 0.469 e. The van der Waals surface area contributed by atoms with E-state index in [0.29, 0.717) is 6.54 Å². The molecule has 0 aliphatic carbocycles. The van der Waals surface area contributed by atoms with Gasteiger partial charge in [0.05, 0.1) is 25.8 Å². The Bertz CT molecular complexity index is 684. The number of esters is 1. The molecule has 2 aromatic rings. The predicted octanol–water partition coefficient (Wildman–Crippen LogP) is 2.69. The molecule has 1 aromatic carbocycles. The van der Waals surface area contributed by atoms with Crippen molar-refractivity contribution < 1.29 is 14.3 Å². The zero-order valence-corrected chi connectivity index (χ0v) is 13.6. The van der Waals surface area contributed by atoms with Crippen molar-refractivity contribution in [3.8, 4) is 0 Å². The van der Waals surface area contributed by atoms with Gasteiger partial charge in [0.2, 0.25) is 5.91 Å². The van der Waals surface area contributed by atoms with Gasteiger partial charge in [0.1, 0.15) is 0 Å². The van der Waals surface area contributed by atoms with E-state index in [1.807, 2.05) is 48.5 Å². The Morgan fingerprint density at radius 2 is 1.88 bits per heavy atom. The molecule has 0 N–H and O–H groups in total. The van der Waals surface area contributed by atoms with E-state index in [1.165, 1.54) is 13.2 Å². The summed E-state index contributed by atoms with van der Waals surface area (Å²) >= 11 is 0. The normalized spacial score (nSPS) is 10.5. The maximum absolute atomic E-state index is 12.5. The van der Waals surface area contributed by atoms with E-state index in [-0.39, 0.29) is 24.8 Å². The van der Waals surface area contributed by atoms with E-state index >= 15 is 0 Å². The van der Waals surface area contributed by atoms with Crippen LogP contribution in [0.3, 0.4) is 0 Å². The lowest BCUT2D eigenvalue weighted by molar-refractivity contribution is -0.141. The smallest absolute Gasteiger partial charge is 0.307 e. The maximum atomic E-state index is 12.5. The summed E-state index contributed by atoms with van der Waals surface area (Å²) in [6.45, 7) is 0.622. The number of rotatable bonds is 7. The molecule has 0 aliphatic rings. The Balaban J connectivity index is 2.06. The Hall–Kier alpha value is -2.95. The number of aromatic nitrogens is 1. The molecular weight excluding hydrogens is 304 g/mol. The number of amides is 1. The van der Waals surface area contributed by atoms with Crippen molar-refractivity contribution in [2.75, 3.05) is 13.7 Å². The van der Waals surface area contributed by atoms with Crippen LogP contribution in [-0.4, -0.2) is 35.4 Å². The topological polar surface area (TPSA) is 59.5 Å². The highest BCUT2D eigenvalue weighted by Gasteiger charge is 2.14. The van der Waals surface area contributed by atoms with Crippen molar-refractivity contribution >= 4 is 18.0 Å². The lowest BCUT2D eigenvalue weighted by Gasteiger charge is -2.20. The van der Waals surface area contributed by atoms with Crippen LogP contribution in [-0.2, 0) is 20.9 Å². The van der Waals surface area contributed by atoms with Crippen molar-refractivity contribution in [2.24, 2.45) is 0 Å².